The molecule has 3 rings (SSSR count). The molecule has 0 saturated heterocycles. The van der Waals surface area contributed by atoms with Crippen molar-refractivity contribution in [2.24, 2.45) is 0 Å². The fourth-order valence-electron chi connectivity index (χ4n) is 1.52. The van der Waals surface area contributed by atoms with Gasteiger partial charge in [-0.2, -0.15) is 0 Å². The van der Waals surface area contributed by atoms with Crippen molar-refractivity contribution in [3.8, 4) is 0 Å². The van der Waals surface area contributed by atoms with E-state index >= 15 is 0 Å². The Morgan fingerprint density at radius 1 is 1.38 bits per heavy atom. The number of rotatable bonds is 0. The maximum absolute atomic E-state index is 4.26. The summed E-state index contributed by atoms with van der Waals surface area (Å²) >= 11 is 1.77. The minimum atomic E-state index is 0.918. The van der Waals surface area contributed by atoms with E-state index in [0.29, 0.717) is 0 Å². The second-order valence-corrected chi connectivity index (χ2v) is 3.96. The summed E-state index contributed by atoms with van der Waals surface area (Å²) in [5, 5.41) is 5.54. The molecule has 2 N–H and O–H groups in total. The van der Waals surface area contributed by atoms with Crippen LogP contribution in [0.1, 0.15) is 0 Å². The second kappa shape index (κ2) is 2.63. The zero-order valence-electron chi connectivity index (χ0n) is 6.87. The van der Waals surface area contributed by atoms with Crippen LogP contribution in [-0.4, -0.2) is 27.2 Å². The lowest BCUT2D eigenvalue weighted by atomic mass is 10.3. The van der Waals surface area contributed by atoms with Gasteiger partial charge in [0.05, 0.1) is 11.1 Å². The number of aromatic nitrogens is 3. The summed E-state index contributed by atoms with van der Waals surface area (Å²) in [5.41, 5.74) is 2.04. The first-order valence-corrected chi connectivity index (χ1v) is 5.12. The molecule has 0 atom stereocenters. The monoisotopic (exact) mass is 192 g/mol. The highest BCUT2D eigenvalue weighted by Gasteiger charge is 2.13. The van der Waals surface area contributed by atoms with Crippen LogP contribution in [0.15, 0.2) is 17.6 Å². The Hall–Kier alpha value is -1.23. The van der Waals surface area contributed by atoms with Crippen molar-refractivity contribution in [1.82, 2.24) is 15.0 Å². The van der Waals surface area contributed by atoms with Gasteiger partial charge in [0.1, 0.15) is 17.0 Å². The van der Waals surface area contributed by atoms with Crippen molar-refractivity contribution in [3.05, 3.63) is 12.5 Å². The van der Waals surface area contributed by atoms with Gasteiger partial charge < -0.3 is 10.3 Å². The van der Waals surface area contributed by atoms with E-state index in [-0.39, 0.29) is 0 Å². The van der Waals surface area contributed by atoms with Crippen LogP contribution in [0, 0.1) is 0 Å². The normalized spacial score (nSPS) is 15.4. The van der Waals surface area contributed by atoms with Gasteiger partial charge in [0, 0.05) is 18.5 Å². The first kappa shape index (κ1) is 7.20. The maximum atomic E-state index is 4.26. The predicted octanol–water partition coefficient (Wildman–Crippen LogP) is 1.48. The average Bonchev–Trinajstić information content (AvgIpc) is 2.44. The van der Waals surface area contributed by atoms with E-state index in [9.17, 15) is 0 Å². The van der Waals surface area contributed by atoms with Crippen LogP contribution in [0.4, 0.5) is 5.69 Å². The Morgan fingerprint density at radius 2 is 2.38 bits per heavy atom. The molecule has 2 aromatic heterocycles. The van der Waals surface area contributed by atoms with Crippen LogP contribution < -0.4 is 5.32 Å². The van der Waals surface area contributed by atoms with Gasteiger partial charge in [0.2, 0.25) is 0 Å². The molecule has 0 aliphatic carbocycles. The van der Waals surface area contributed by atoms with Gasteiger partial charge in [0.15, 0.2) is 0 Å². The molecule has 1 aliphatic rings. The summed E-state index contributed by atoms with van der Waals surface area (Å²) in [6, 6.07) is 0. The Balaban J connectivity index is 2.40. The minimum Gasteiger partial charge on any atom is -0.382 e. The van der Waals surface area contributed by atoms with Gasteiger partial charge in [0.25, 0.3) is 0 Å². The Kier molecular flexibility index (Phi) is 1.46. The Bertz CT molecular complexity index is 450. The van der Waals surface area contributed by atoms with E-state index in [1.165, 1.54) is 0 Å². The first-order chi connectivity index (χ1) is 6.45. The largest absolute Gasteiger partial charge is 0.382 e. The molecule has 0 saturated carbocycles. The molecule has 0 unspecified atom stereocenters. The molecule has 0 bridgehead atoms. The van der Waals surface area contributed by atoms with Crippen LogP contribution in [0.5, 0.6) is 0 Å². The maximum Gasteiger partial charge on any atom is 0.144 e. The van der Waals surface area contributed by atoms with Gasteiger partial charge in [-0.05, 0) is 0 Å². The second-order valence-electron chi connectivity index (χ2n) is 2.88. The molecule has 66 valence electrons. The van der Waals surface area contributed by atoms with Gasteiger partial charge in [-0.15, -0.1) is 11.8 Å². The van der Waals surface area contributed by atoms with Crippen LogP contribution in [0.3, 0.4) is 0 Å². The SMILES string of the molecule is c1nc2c3c(c[nH]c3n1)NCCS2. The van der Waals surface area contributed by atoms with Crippen LogP contribution in [-0.2, 0) is 0 Å². The van der Waals surface area contributed by atoms with E-state index in [4.69, 9.17) is 0 Å². The zero-order valence-corrected chi connectivity index (χ0v) is 7.69. The van der Waals surface area contributed by atoms with Crippen molar-refractivity contribution in [1.29, 1.82) is 0 Å². The smallest absolute Gasteiger partial charge is 0.144 e. The van der Waals surface area contributed by atoms with Gasteiger partial charge >= 0.3 is 0 Å². The summed E-state index contributed by atoms with van der Waals surface area (Å²) in [5.74, 6) is 1.06. The fourth-order valence-corrected chi connectivity index (χ4v) is 2.39. The molecule has 0 aromatic carbocycles. The van der Waals surface area contributed by atoms with Gasteiger partial charge in [-0.1, -0.05) is 0 Å². The number of anilines is 1. The third-order valence-electron chi connectivity index (χ3n) is 2.09. The quantitative estimate of drug-likeness (QED) is 0.621. The summed E-state index contributed by atoms with van der Waals surface area (Å²) in [4.78, 5) is 11.5. The molecular formula is C8H8N4S. The van der Waals surface area contributed by atoms with E-state index in [2.05, 4.69) is 20.3 Å². The predicted molar refractivity (Wildman–Crippen MR) is 53.1 cm³/mol. The van der Waals surface area contributed by atoms with E-state index in [0.717, 1.165) is 34.0 Å². The topological polar surface area (TPSA) is 53.6 Å². The minimum absolute atomic E-state index is 0.918. The number of H-pyrrole nitrogens is 1. The summed E-state index contributed by atoms with van der Waals surface area (Å²) < 4.78 is 0. The Labute approximate surface area is 79.2 Å². The molecule has 1 aliphatic heterocycles. The zero-order chi connectivity index (χ0) is 8.67. The first-order valence-electron chi connectivity index (χ1n) is 4.14. The molecular weight excluding hydrogens is 184 g/mol. The highest BCUT2D eigenvalue weighted by atomic mass is 32.2. The Morgan fingerprint density at radius 3 is 3.38 bits per heavy atom. The number of hydrogen-bond acceptors (Lipinski definition) is 4. The molecule has 2 aromatic rings. The molecule has 0 fully saturated rings. The highest BCUT2D eigenvalue weighted by Crippen LogP contribution is 2.32. The van der Waals surface area contributed by atoms with E-state index in [1.807, 2.05) is 6.20 Å². The van der Waals surface area contributed by atoms with Crippen molar-refractivity contribution in [2.75, 3.05) is 17.6 Å². The van der Waals surface area contributed by atoms with Gasteiger partial charge in [-0.25, -0.2) is 9.97 Å². The molecule has 0 amide bonds. The summed E-state index contributed by atoms with van der Waals surface area (Å²) in [6.45, 7) is 0.980. The lowest BCUT2D eigenvalue weighted by molar-refractivity contribution is 1.09. The number of aromatic amines is 1. The molecule has 13 heavy (non-hydrogen) atoms. The van der Waals surface area contributed by atoms with Crippen LogP contribution in [0.2, 0.25) is 0 Å². The van der Waals surface area contributed by atoms with Crippen molar-refractivity contribution < 1.29 is 0 Å². The number of nitrogens with one attached hydrogen (secondary N) is 2. The van der Waals surface area contributed by atoms with E-state index in [1.54, 1.807) is 18.1 Å². The van der Waals surface area contributed by atoms with E-state index < -0.39 is 0 Å². The molecule has 0 spiro atoms. The van der Waals surface area contributed by atoms with Crippen LogP contribution >= 0.6 is 11.8 Å². The van der Waals surface area contributed by atoms with Gasteiger partial charge in [-0.3, -0.25) is 0 Å². The number of thioether (sulfide) groups is 1. The lowest BCUT2D eigenvalue weighted by Gasteiger charge is -1.96. The number of hydrogen-bond donors (Lipinski definition) is 2. The standard InChI is InChI=1S/C8H8N4S/c1-2-13-8-6-5(9-1)3-10-7(6)11-4-12-8/h3-4,9H,1-2H2,(H,10,11,12). The number of nitrogens with zero attached hydrogens (tertiary/aromatic N) is 2. The fraction of sp³-hybridized carbons (Fsp3) is 0.250. The summed E-state index contributed by atoms with van der Waals surface area (Å²) in [7, 11) is 0. The lowest BCUT2D eigenvalue weighted by Crippen LogP contribution is -2.00. The molecule has 0 radical (unpaired) electrons. The van der Waals surface area contributed by atoms with Crippen molar-refractivity contribution in [2.45, 2.75) is 5.03 Å². The highest BCUT2D eigenvalue weighted by molar-refractivity contribution is 7.99. The average molecular weight is 192 g/mol. The molecule has 3 heterocycles. The molecule has 4 nitrogen and oxygen atoms in total. The van der Waals surface area contributed by atoms with Crippen molar-refractivity contribution in [3.63, 3.8) is 0 Å². The summed E-state index contributed by atoms with van der Waals surface area (Å²) in [6.07, 6.45) is 3.56. The molecule has 5 heteroatoms. The third kappa shape index (κ3) is 1.00. The van der Waals surface area contributed by atoms with Crippen LogP contribution in [0.25, 0.3) is 11.0 Å². The van der Waals surface area contributed by atoms with Crippen molar-refractivity contribution >= 4 is 28.5 Å². The third-order valence-corrected chi connectivity index (χ3v) is 3.08.